The van der Waals surface area contributed by atoms with E-state index in [2.05, 4.69) is 57.8 Å². The number of aromatic amines is 1. The van der Waals surface area contributed by atoms with Crippen LogP contribution in [0.3, 0.4) is 0 Å². The molecule has 3 rings (SSSR count). The minimum atomic E-state index is 0.455. The third kappa shape index (κ3) is 3.37. The van der Waals surface area contributed by atoms with Gasteiger partial charge in [0.05, 0.1) is 37.1 Å². The molecule has 0 aliphatic rings. The molecule has 9 heteroatoms. The SMILES string of the molecule is COc1c(Cl)cc(Cl)cc1-c1csc(-c2[nH]c(Br)c(Br)c2Br)n1. The molecule has 0 saturated carbocycles. The van der Waals surface area contributed by atoms with Crippen LogP contribution in [0.25, 0.3) is 22.0 Å². The Morgan fingerprint density at radius 1 is 1.17 bits per heavy atom. The molecule has 0 amide bonds. The van der Waals surface area contributed by atoms with Crippen LogP contribution in [0.5, 0.6) is 5.75 Å². The largest absolute Gasteiger partial charge is 0.494 e. The van der Waals surface area contributed by atoms with Gasteiger partial charge < -0.3 is 9.72 Å². The molecule has 3 aromatic rings. The molecule has 0 fully saturated rings. The summed E-state index contributed by atoms with van der Waals surface area (Å²) in [4.78, 5) is 7.91. The summed E-state index contributed by atoms with van der Waals surface area (Å²) < 4.78 is 8.05. The predicted octanol–water partition coefficient (Wildman–Crippen LogP) is 7.41. The number of methoxy groups -OCH3 is 1. The van der Waals surface area contributed by atoms with Crippen molar-refractivity contribution in [1.29, 1.82) is 0 Å². The Hall–Kier alpha value is -0.0500. The molecule has 0 unspecified atom stereocenters. The van der Waals surface area contributed by atoms with Crippen molar-refractivity contribution in [2.75, 3.05) is 7.11 Å². The van der Waals surface area contributed by atoms with Crippen LogP contribution in [-0.2, 0) is 0 Å². The Balaban J connectivity index is 2.11. The molecule has 1 aromatic carbocycles. The van der Waals surface area contributed by atoms with Crippen molar-refractivity contribution in [1.82, 2.24) is 9.97 Å². The van der Waals surface area contributed by atoms with E-state index in [-0.39, 0.29) is 0 Å². The van der Waals surface area contributed by atoms with Crippen molar-refractivity contribution >= 4 is 82.3 Å². The van der Waals surface area contributed by atoms with E-state index in [1.807, 2.05) is 5.38 Å². The molecule has 0 spiro atoms. The number of rotatable bonds is 3. The normalized spacial score (nSPS) is 11.0. The second-order valence-electron chi connectivity index (χ2n) is 4.45. The zero-order valence-electron chi connectivity index (χ0n) is 11.4. The Bertz CT molecular complexity index is 895. The Morgan fingerprint density at radius 3 is 2.52 bits per heavy atom. The van der Waals surface area contributed by atoms with Crippen molar-refractivity contribution in [3.05, 3.63) is 41.1 Å². The van der Waals surface area contributed by atoms with Crippen LogP contribution in [0.1, 0.15) is 0 Å². The fraction of sp³-hybridized carbons (Fsp3) is 0.0714. The first kappa shape index (κ1) is 17.8. The van der Waals surface area contributed by atoms with E-state index in [0.29, 0.717) is 15.8 Å². The zero-order valence-corrected chi connectivity index (χ0v) is 18.5. The highest BCUT2D eigenvalue weighted by Gasteiger charge is 2.19. The first-order valence-corrected chi connectivity index (χ1v) is 10.2. The maximum atomic E-state index is 6.20. The number of nitrogens with zero attached hydrogens (tertiary/aromatic N) is 1. The van der Waals surface area contributed by atoms with E-state index in [1.165, 1.54) is 11.3 Å². The smallest absolute Gasteiger partial charge is 0.146 e. The van der Waals surface area contributed by atoms with Crippen LogP contribution in [-0.4, -0.2) is 17.1 Å². The number of halogens is 5. The number of hydrogen-bond donors (Lipinski definition) is 1. The number of ether oxygens (including phenoxy) is 1. The van der Waals surface area contributed by atoms with E-state index >= 15 is 0 Å². The number of hydrogen-bond acceptors (Lipinski definition) is 3. The summed E-state index contributed by atoms with van der Waals surface area (Å²) in [5.74, 6) is 0.556. The minimum absolute atomic E-state index is 0.455. The average Bonchev–Trinajstić information content (AvgIpc) is 3.08. The standard InChI is InChI=1S/C14H7Br3Cl2N2OS/c1-22-12-6(2-5(18)3-7(12)19)8-4-23-14(20-8)11-9(15)10(16)13(17)21-11/h2-4,21H,1H3. The summed E-state index contributed by atoms with van der Waals surface area (Å²) in [6, 6.07) is 3.44. The van der Waals surface area contributed by atoms with Crippen LogP contribution in [0.15, 0.2) is 31.1 Å². The van der Waals surface area contributed by atoms with Crippen LogP contribution in [0.4, 0.5) is 0 Å². The topological polar surface area (TPSA) is 37.9 Å². The first-order chi connectivity index (χ1) is 10.9. The van der Waals surface area contributed by atoms with Gasteiger partial charge in [-0.1, -0.05) is 23.2 Å². The second kappa shape index (κ2) is 7.06. The summed E-state index contributed by atoms with van der Waals surface area (Å²) in [6.07, 6.45) is 0. The third-order valence-corrected chi connectivity index (χ3v) is 7.65. The molecule has 0 atom stereocenters. The Kier molecular flexibility index (Phi) is 5.45. The molecule has 0 radical (unpaired) electrons. The molecular weight excluding hydrogens is 555 g/mol. The number of H-pyrrole nitrogens is 1. The van der Waals surface area contributed by atoms with Gasteiger partial charge in [0.15, 0.2) is 0 Å². The van der Waals surface area contributed by atoms with Gasteiger partial charge in [-0.25, -0.2) is 4.98 Å². The van der Waals surface area contributed by atoms with E-state index in [1.54, 1.807) is 19.2 Å². The molecular formula is C14H7Br3Cl2N2OS. The highest BCUT2D eigenvalue weighted by atomic mass is 79.9. The predicted molar refractivity (Wildman–Crippen MR) is 107 cm³/mol. The van der Waals surface area contributed by atoms with Crippen molar-refractivity contribution in [3.8, 4) is 27.7 Å². The molecule has 0 saturated heterocycles. The fourth-order valence-corrected chi connectivity index (χ4v) is 5.02. The molecule has 0 aliphatic heterocycles. The third-order valence-electron chi connectivity index (χ3n) is 3.05. The average molecular weight is 562 g/mol. The summed E-state index contributed by atoms with van der Waals surface area (Å²) in [5, 5.41) is 3.76. The first-order valence-electron chi connectivity index (χ1n) is 6.14. The fourth-order valence-electron chi connectivity index (χ4n) is 2.04. The second-order valence-corrected chi connectivity index (χ2v) is 8.53. The van der Waals surface area contributed by atoms with Gasteiger partial charge in [0, 0.05) is 16.0 Å². The van der Waals surface area contributed by atoms with Crippen molar-refractivity contribution in [2.45, 2.75) is 0 Å². The monoisotopic (exact) mass is 558 g/mol. The van der Waals surface area contributed by atoms with Crippen molar-refractivity contribution in [2.24, 2.45) is 0 Å². The molecule has 0 aliphatic carbocycles. The van der Waals surface area contributed by atoms with Gasteiger partial charge in [0.2, 0.25) is 0 Å². The summed E-state index contributed by atoms with van der Waals surface area (Å²) in [6.45, 7) is 0. The van der Waals surface area contributed by atoms with Crippen LogP contribution in [0.2, 0.25) is 10.0 Å². The molecule has 23 heavy (non-hydrogen) atoms. The lowest BCUT2D eigenvalue weighted by molar-refractivity contribution is 0.416. The van der Waals surface area contributed by atoms with Gasteiger partial charge in [0.1, 0.15) is 10.8 Å². The number of thiazole rings is 1. The van der Waals surface area contributed by atoms with Crippen LogP contribution in [0, 0.1) is 0 Å². The van der Waals surface area contributed by atoms with E-state index in [9.17, 15) is 0 Å². The van der Waals surface area contributed by atoms with Gasteiger partial charge >= 0.3 is 0 Å². The highest BCUT2D eigenvalue weighted by Crippen LogP contribution is 2.43. The maximum absolute atomic E-state index is 6.20. The molecule has 120 valence electrons. The number of nitrogens with one attached hydrogen (secondary N) is 1. The van der Waals surface area contributed by atoms with Gasteiger partial charge in [-0.2, -0.15) is 0 Å². The lowest BCUT2D eigenvalue weighted by Crippen LogP contribution is -1.90. The quantitative estimate of drug-likeness (QED) is 0.362. The molecule has 2 heterocycles. The van der Waals surface area contributed by atoms with E-state index < -0.39 is 0 Å². The zero-order chi connectivity index (χ0) is 16.7. The van der Waals surface area contributed by atoms with Gasteiger partial charge in [0.25, 0.3) is 0 Å². The number of aromatic nitrogens is 2. The summed E-state index contributed by atoms with van der Waals surface area (Å²) in [7, 11) is 1.57. The molecule has 1 N–H and O–H groups in total. The Morgan fingerprint density at radius 2 is 1.91 bits per heavy atom. The lowest BCUT2D eigenvalue weighted by Gasteiger charge is -2.09. The van der Waals surface area contributed by atoms with Gasteiger partial charge in [-0.3, -0.25) is 0 Å². The minimum Gasteiger partial charge on any atom is -0.494 e. The van der Waals surface area contributed by atoms with Crippen molar-refractivity contribution in [3.63, 3.8) is 0 Å². The Labute approximate surface area is 171 Å². The van der Waals surface area contributed by atoms with Crippen LogP contribution >= 0.6 is 82.3 Å². The van der Waals surface area contributed by atoms with Gasteiger partial charge in [-0.05, 0) is 59.9 Å². The maximum Gasteiger partial charge on any atom is 0.146 e. The lowest BCUT2D eigenvalue weighted by atomic mass is 10.1. The summed E-state index contributed by atoms with van der Waals surface area (Å²) in [5.41, 5.74) is 2.39. The van der Waals surface area contributed by atoms with E-state index in [4.69, 9.17) is 27.9 Å². The molecule has 3 nitrogen and oxygen atoms in total. The van der Waals surface area contributed by atoms with Crippen LogP contribution < -0.4 is 4.74 Å². The van der Waals surface area contributed by atoms with Gasteiger partial charge in [-0.15, -0.1) is 11.3 Å². The highest BCUT2D eigenvalue weighted by molar-refractivity contribution is 9.14. The molecule has 2 aromatic heterocycles. The van der Waals surface area contributed by atoms with Crippen molar-refractivity contribution < 1.29 is 4.74 Å². The summed E-state index contributed by atoms with van der Waals surface area (Å²) >= 11 is 24.3. The van der Waals surface area contributed by atoms with E-state index in [0.717, 1.165) is 35.5 Å². The molecule has 0 bridgehead atoms. The number of benzene rings is 1.